The molecule has 1 N–H and O–H groups in total. The summed E-state index contributed by atoms with van der Waals surface area (Å²) in [5, 5.41) is 10.8. The topological polar surface area (TPSA) is 74.7 Å². The van der Waals surface area contributed by atoms with Crippen LogP contribution in [0.25, 0.3) is 0 Å². The fourth-order valence-electron chi connectivity index (χ4n) is 1.54. The van der Waals surface area contributed by atoms with Crippen LogP contribution in [0.1, 0.15) is 20.8 Å². The molecule has 18 heavy (non-hydrogen) atoms. The van der Waals surface area contributed by atoms with Crippen molar-refractivity contribution in [2.75, 3.05) is 6.54 Å². The van der Waals surface area contributed by atoms with Crippen LogP contribution in [0.4, 0.5) is 0 Å². The summed E-state index contributed by atoms with van der Waals surface area (Å²) in [5.41, 5.74) is -1.49. The third kappa shape index (κ3) is 2.61. The highest BCUT2D eigenvalue weighted by atomic mass is 79.9. The lowest BCUT2D eigenvalue weighted by atomic mass is 10.1. The molecule has 0 aromatic carbocycles. The Morgan fingerprint density at radius 1 is 1.56 bits per heavy atom. The van der Waals surface area contributed by atoms with E-state index in [0.717, 1.165) is 15.6 Å². The second kappa shape index (κ2) is 5.28. The summed E-state index contributed by atoms with van der Waals surface area (Å²) in [5.74, 6) is -1.18. The molecule has 0 aliphatic rings. The third-order valence-corrected chi connectivity index (χ3v) is 7.34. The van der Waals surface area contributed by atoms with Crippen molar-refractivity contribution in [1.29, 1.82) is 0 Å². The minimum Gasteiger partial charge on any atom is -0.480 e. The van der Waals surface area contributed by atoms with Gasteiger partial charge in [-0.15, -0.1) is 11.3 Å². The van der Waals surface area contributed by atoms with Crippen LogP contribution in [0.5, 0.6) is 0 Å². The number of carbonyl (C=O) groups is 1. The van der Waals surface area contributed by atoms with E-state index in [9.17, 15) is 13.2 Å². The minimum absolute atomic E-state index is 0.0893. The molecule has 5 nitrogen and oxygen atoms in total. The van der Waals surface area contributed by atoms with Gasteiger partial charge in [-0.05, 0) is 41.2 Å². The molecular formula is C10H14BrNO4S2. The van der Waals surface area contributed by atoms with Gasteiger partial charge in [0.15, 0.2) is 0 Å². The molecule has 0 saturated carbocycles. The molecular weight excluding hydrogens is 342 g/mol. The van der Waals surface area contributed by atoms with Crippen LogP contribution >= 0.6 is 27.3 Å². The Kier molecular flexibility index (Phi) is 4.58. The van der Waals surface area contributed by atoms with E-state index in [1.54, 1.807) is 18.4 Å². The van der Waals surface area contributed by atoms with Gasteiger partial charge in [-0.25, -0.2) is 8.42 Å². The zero-order chi connectivity index (χ0) is 14.1. The first kappa shape index (κ1) is 15.6. The molecule has 1 heterocycles. The van der Waals surface area contributed by atoms with Crippen molar-refractivity contribution in [3.05, 3.63) is 15.9 Å². The number of nitrogens with zero attached hydrogens (tertiary/aromatic N) is 1. The quantitative estimate of drug-likeness (QED) is 0.879. The summed E-state index contributed by atoms with van der Waals surface area (Å²) in [6.45, 7) is 4.45. The molecule has 1 rings (SSSR count). The van der Waals surface area contributed by atoms with Crippen LogP contribution in [-0.2, 0) is 14.8 Å². The van der Waals surface area contributed by atoms with Crippen LogP contribution in [0, 0.1) is 0 Å². The molecule has 102 valence electrons. The van der Waals surface area contributed by atoms with E-state index in [2.05, 4.69) is 15.9 Å². The molecule has 0 amide bonds. The summed E-state index contributed by atoms with van der Waals surface area (Å²) in [7, 11) is -3.82. The van der Waals surface area contributed by atoms with E-state index in [1.807, 2.05) is 0 Å². The average molecular weight is 356 g/mol. The monoisotopic (exact) mass is 355 g/mol. The van der Waals surface area contributed by atoms with Gasteiger partial charge in [0.1, 0.15) is 9.75 Å². The van der Waals surface area contributed by atoms with E-state index in [1.165, 1.54) is 13.8 Å². The van der Waals surface area contributed by atoms with E-state index in [0.29, 0.717) is 4.47 Å². The number of carboxylic acid groups (broad SMARTS) is 1. The number of likely N-dealkylation sites (N-methyl/N-ethyl adjacent to an activating group) is 1. The van der Waals surface area contributed by atoms with E-state index in [-0.39, 0.29) is 10.8 Å². The van der Waals surface area contributed by atoms with Crippen LogP contribution < -0.4 is 0 Å². The van der Waals surface area contributed by atoms with Gasteiger partial charge >= 0.3 is 5.97 Å². The van der Waals surface area contributed by atoms with Crippen molar-refractivity contribution in [3.63, 3.8) is 0 Å². The van der Waals surface area contributed by atoms with Gasteiger partial charge in [0.25, 0.3) is 10.0 Å². The van der Waals surface area contributed by atoms with Crippen molar-refractivity contribution < 1.29 is 18.3 Å². The molecule has 1 aromatic heterocycles. The Hall–Kier alpha value is -0.440. The molecule has 0 spiro atoms. The zero-order valence-corrected chi connectivity index (χ0v) is 13.4. The Morgan fingerprint density at radius 3 is 2.44 bits per heavy atom. The number of carboxylic acids is 1. The molecule has 0 aliphatic carbocycles. The summed E-state index contributed by atoms with van der Waals surface area (Å²) in [6.07, 6.45) is 0. The molecule has 0 unspecified atom stereocenters. The highest BCUT2D eigenvalue weighted by Gasteiger charge is 2.42. The number of sulfonamides is 1. The number of halogens is 1. The molecule has 0 radical (unpaired) electrons. The van der Waals surface area contributed by atoms with Gasteiger partial charge in [0.05, 0.1) is 0 Å². The summed E-state index contributed by atoms with van der Waals surface area (Å²) in [6, 6.07) is 1.62. The normalized spacial score (nSPS) is 12.9. The molecule has 0 aliphatic heterocycles. The Morgan fingerprint density at radius 2 is 2.11 bits per heavy atom. The lowest BCUT2D eigenvalue weighted by Crippen LogP contribution is -2.52. The molecule has 0 bridgehead atoms. The standard InChI is InChI=1S/C10H14BrNO4S2/c1-4-12(10(2,3)9(13)14)18(15,16)8-7(11)5-6-17-8/h5-6H,4H2,1-3H3,(H,13,14). The van der Waals surface area contributed by atoms with E-state index >= 15 is 0 Å². The van der Waals surface area contributed by atoms with Crippen LogP contribution in [0.3, 0.4) is 0 Å². The van der Waals surface area contributed by atoms with Crippen molar-refractivity contribution in [2.45, 2.75) is 30.5 Å². The lowest BCUT2D eigenvalue weighted by molar-refractivity contribution is -0.146. The Balaban J connectivity index is 3.34. The van der Waals surface area contributed by atoms with Gasteiger partial charge in [0.2, 0.25) is 0 Å². The Labute approximate surface area is 119 Å². The number of hydrogen-bond acceptors (Lipinski definition) is 4. The number of aliphatic carboxylic acids is 1. The molecule has 0 atom stereocenters. The summed E-state index contributed by atoms with van der Waals surface area (Å²) < 4.78 is 26.4. The SMILES string of the molecule is CCN(C(C)(C)C(=O)O)S(=O)(=O)c1sccc1Br. The second-order valence-corrected chi connectivity index (χ2v) is 7.92. The highest BCUT2D eigenvalue weighted by Crippen LogP contribution is 2.33. The minimum atomic E-state index is -3.82. The van der Waals surface area contributed by atoms with Gasteiger partial charge < -0.3 is 5.11 Å². The fraction of sp³-hybridized carbons (Fsp3) is 0.500. The molecule has 1 aromatic rings. The molecule has 0 saturated heterocycles. The van der Waals surface area contributed by atoms with Crippen molar-refractivity contribution in [1.82, 2.24) is 4.31 Å². The predicted molar refractivity (Wildman–Crippen MR) is 73.3 cm³/mol. The maximum Gasteiger partial charge on any atom is 0.324 e. The van der Waals surface area contributed by atoms with Gasteiger partial charge in [-0.2, -0.15) is 4.31 Å². The van der Waals surface area contributed by atoms with E-state index < -0.39 is 21.5 Å². The number of thiophene rings is 1. The first-order valence-corrected chi connectivity index (χ1v) is 8.26. The fourth-order valence-corrected chi connectivity index (χ4v) is 5.70. The van der Waals surface area contributed by atoms with Crippen molar-refractivity contribution in [2.24, 2.45) is 0 Å². The van der Waals surface area contributed by atoms with Gasteiger partial charge in [-0.3, -0.25) is 4.79 Å². The second-order valence-electron chi connectivity index (χ2n) is 4.09. The van der Waals surface area contributed by atoms with Gasteiger partial charge in [0, 0.05) is 11.0 Å². The smallest absolute Gasteiger partial charge is 0.324 e. The Bertz CT molecular complexity index is 550. The summed E-state index contributed by atoms with van der Waals surface area (Å²) in [4.78, 5) is 11.2. The average Bonchev–Trinajstić information content (AvgIpc) is 2.64. The van der Waals surface area contributed by atoms with Crippen LogP contribution in [-0.4, -0.2) is 35.9 Å². The third-order valence-electron chi connectivity index (χ3n) is 2.54. The maximum absolute atomic E-state index is 12.4. The maximum atomic E-state index is 12.4. The van der Waals surface area contributed by atoms with Crippen LogP contribution in [0.2, 0.25) is 0 Å². The first-order chi connectivity index (χ1) is 8.15. The first-order valence-electron chi connectivity index (χ1n) is 5.15. The predicted octanol–water partition coefficient (Wildman–Crippen LogP) is 2.38. The van der Waals surface area contributed by atoms with E-state index in [4.69, 9.17) is 5.11 Å². The molecule has 0 fully saturated rings. The van der Waals surface area contributed by atoms with Crippen LogP contribution in [0.15, 0.2) is 20.1 Å². The van der Waals surface area contributed by atoms with Crippen molar-refractivity contribution >= 4 is 43.3 Å². The largest absolute Gasteiger partial charge is 0.480 e. The van der Waals surface area contributed by atoms with Gasteiger partial charge in [-0.1, -0.05) is 6.92 Å². The lowest BCUT2D eigenvalue weighted by Gasteiger charge is -2.32. The summed E-state index contributed by atoms with van der Waals surface area (Å²) >= 11 is 4.22. The highest BCUT2D eigenvalue weighted by molar-refractivity contribution is 9.10. The number of rotatable bonds is 5. The molecule has 8 heteroatoms. The zero-order valence-electron chi connectivity index (χ0n) is 10.2. The number of hydrogen-bond donors (Lipinski definition) is 1. The van der Waals surface area contributed by atoms with Crippen molar-refractivity contribution in [3.8, 4) is 0 Å².